The van der Waals surface area contributed by atoms with Crippen molar-refractivity contribution in [3.05, 3.63) is 136 Å². The number of nitrogens with zero attached hydrogens (tertiary/aromatic N) is 4. The van der Waals surface area contributed by atoms with Crippen LogP contribution in [0.15, 0.2) is 121 Å². The Morgan fingerprint density at radius 3 is 1.65 bits per heavy atom. The van der Waals surface area contributed by atoms with Crippen molar-refractivity contribution in [2.45, 2.75) is 91.3 Å². The Labute approximate surface area is 335 Å². The minimum Gasteiger partial charge on any atom is -0.399 e. The zero-order valence-corrected chi connectivity index (χ0v) is 34.7. The molecular weight excluding hydrogens is 782 g/mol. The van der Waals surface area contributed by atoms with Crippen molar-refractivity contribution in [1.82, 2.24) is 19.6 Å². The lowest BCUT2D eigenvalue weighted by molar-refractivity contribution is 0.00578. The summed E-state index contributed by atoms with van der Waals surface area (Å²) in [4.78, 5) is 0. The summed E-state index contributed by atoms with van der Waals surface area (Å²) in [7, 11) is -0.244. The molecule has 0 amide bonds. The molecule has 1 saturated heterocycles. The minimum absolute atomic E-state index is 0.244. The van der Waals surface area contributed by atoms with Gasteiger partial charge in [0.15, 0.2) is 0 Å². The number of rotatable bonds is 10. The van der Waals surface area contributed by atoms with E-state index in [0.29, 0.717) is 11.6 Å². The Balaban J connectivity index is 0.000000161. The van der Waals surface area contributed by atoms with E-state index in [0.717, 1.165) is 44.6 Å². The van der Waals surface area contributed by atoms with Crippen LogP contribution >= 0.6 is 22.6 Å². The topological polar surface area (TPSA) is 106 Å². The van der Waals surface area contributed by atoms with E-state index >= 15 is 0 Å². The van der Waals surface area contributed by atoms with Crippen LogP contribution in [-0.2, 0) is 22.2 Å². The van der Waals surface area contributed by atoms with Gasteiger partial charge >= 0.3 is 7.12 Å². The molecule has 2 aromatic heterocycles. The second kappa shape index (κ2) is 18.8. The SMILES string of the molecule is CCCCc1cccc(-c2cc(N)nn2-c2ccccc2)c1.CCCCc1cccc(B2OC(C)(C)C(C)(C)O2)c1.Nc1cc(I)n(-c2ccccc2)n1. The first-order valence-corrected chi connectivity index (χ1v) is 20.0. The van der Waals surface area contributed by atoms with Crippen molar-refractivity contribution in [1.29, 1.82) is 0 Å². The Hall–Kier alpha value is -4.39. The van der Waals surface area contributed by atoms with Gasteiger partial charge in [-0.25, -0.2) is 9.36 Å². The number of benzene rings is 4. The monoisotopic (exact) mass is 836 g/mol. The van der Waals surface area contributed by atoms with Crippen molar-refractivity contribution in [2.75, 3.05) is 11.5 Å². The van der Waals surface area contributed by atoms with E-state index in [-0.39, 0.29) is 18.3 Å². The number of hydrogen-bond donors (Lipinski definition) is 2. The van der Waals surface area contributed by atoms with Gasteiger partial charge in [0.2, 0.25) is 0 Å². The number of para-hydroxylation sites is 2. The van der Waals surface area contributed by atoms with E-state index < -0.39 is 0 Å². The fourth-order valence-electron chi connectivity index (χ4n) is 6.02. The largest absolute Gasteiger partial charge is 0.494 e. The summed E-state index contributed by atoms with van der Waals surface area (Å²) in [5, 5.41) is 8.61. The molecule has 10 heteroatoms. The molecule has 1 aliphatic rings. The molecule has 4 aromatic carbocycles. The summed E-state index contributed by atoms with van der Waals surface area (Å²) in [5.74, 6) is 1.09. The van der Waals surface area contributed by atoms with E-state index in [9.17, 15) is 0 Å². The second-order valence-corrected chi connectivity index (χ2v) is 15.7. The number of aromatic nitrogens is 4. The summed E-state index contributed by atoms with van der Waals surface area (Å²) >= 11 is 2.21. The fourth-order valence-corrected chi connectivity index (χ4v) is 6.72. The van der Waals surface area contributed by atoms with Gasteiger partial charge in [0, 0.05) is 17.7 Å². The maximum atomic E-state index is 6.09. The third-order valence-corrected chi connectivity index (χ3v) is 10.5. The minimum atomic E-state index is -0.267. The van der Waals surface area contributed by atoms with Crippen LogP contribution in [0.5, 0.6) is 0 Å². The average molecular weight is 837 g/mol. The van der Waals surface area contributed by atoms with Crippen LogP contribution in [0, 0.1) is 3.70 Å². The van der Waals surface area contributed by atoms with Gasteiger partial charge in [0.05, 0.1) is 28.3 Å². The standard InChI is InChI=1S/C19H21N3.C16H25BO2.C9H8IN3/c1-2-3-8-15-9-7-10-16(13-15)18-14-19(20)21-22(18)17-11-5-4-6-12-17;1-6-7-9-13-10-8-11-14(12-13)17-18-15(2,3)16(4,5)19-17;10-8-6-9(11)12-13(8)7-4-2-1-3-5-7/h4-7,9-14H,2-3,8H2,1H3,(H2,20,21);8,10-12H,6-7,9H2,1-5H3;1-6H,(H2,11,12). The van der Waals surface area contributed by atoms with Gasteiger partial charge in [-0.3, -0.25) is 0 Å². The number of unbranched alkanes of at least 4 members (excludes halogenated alkanes) is 2. The molecule has 6 aromatic rings. The maximum Gasteiger partial charge on any atom is 0.494 e. The Morgan fingerprint density at radius 1 is 0.611 bits per heavy atom. The zero-order chi connectivity index (χ0) is 38.7. The van der Waals surface area contributed by atoms with Crippen LogP contribution in [0.2, 0.25) is 0 Å². The van der Waals surface area contributed by atoms with Crippen molar-refractivity contribution >= 4 is 46.8 Å². The highest BCUT2D eigenvalue weighted by molar-refractivity contribution is 14.1. The molecule has 0 bridgehead atoms. The normalized spacial score (nSPS) is 14.2. The van der Waals surface area contributed by atoms with Gasteiger partial charge in [-0.2, -0.15) is 5.10 Å². The van der Waals surface area contributed by atoms with Gasteiger partial charge < -0.3 is 20.8 Å². The second-order valence-electron chi connectivity index (χ2n) is 14.6. The third-order valence-electron chi connectivity index (χ3n) is 9.75. The van der Waals surface area contributed by atoms with Gasteiger partial charge in [-0.05, 0) is 123 Å². The summed E-state index contributed by atoms with van der Waals surface area (Å²) in [6.45, 7) is 12.8. The molecule has 1 fully saturated rings. The first-order chi connectivity index (χ1) is 25.9. The van der Waals surface area contributed by atoms with E-state index in [1.54, 1.807) is 0 Å². The number of nitrogens with two attached hydrogens (primary N) is 2. The molecule has 4 N–H and O–H groups in total. The van der Waals surface area contributed by atoms with Crippen molar-refractivity contribution in [2.24, 2.45) is 0 Å². The predicted octanol–water partition coefficient (Wildman–Crippen LogP) is 9.85. The molecule has 282 valence electrons. The molecule has 0 saturated carbocycles. The van der Waals surface area contributed by atoms with Gasteiger partial charge in [-0.1, -0.05) is 106 Å². The average Bonchev–Trinajstić information content (AvgIpc) is 3.81. The predicted molar refractivity (Wildman–Crippen MR) is 233 cm³/mol. The molecule has 0 unspecified atom stereocenters. The van der Waals surface area contributed by atoms with Crippen LogP contribution < -0.4 is 16.9 Å². The highest BCUT2D eigenvalue weighted by Gasteiger charge is 2.51. The number of hydrogen-bond acceptors (Lipinski definition) is 6. The quantitative estimate of drug-likeness (QED) is 0.105. The number of nitrogen functional groups attached to an aromatic ring is 2. The lowest BCUT2D eigenvalue weighted by Crippen LogP contribution is -2.41. The Morgan fingerprint density at radius 2 is 1.11 bits per heavy atom. The molecule has 3 heterocycles. The van der Waals surface area contributed by atoms with Crippen LogP contribution in [0.1, 0.15) is 78.4 Å². The van der Waals surface area contributed by atoms with Crippen molar-refractivity contribution in [3.63, 3.8) is 0 Å². The summed E-state index contributed by atoms with van der Waals surface area (Å²) < 4.78 is 16.9. The summed E-state index contributed by atoms with van der Waals surface area (Å²) in [6.07, 6.45) is 7.11. The summed E-state index contributed by atoms with van der Waals surface area (Å²) in [6, 6.07) is 41.0. The van der Waals surface area contributed by atoms with Gasteiger partial charge in [-0.15, -0.1) is 5.10 Å². The highest BCUT2D eigenvalue weighted by Crippen LogP contribution is 2.36. The number of anilines is 2. The van der Waals surface area contributed by atoms with E-state index in [1.807, 2.05) is 82.2 Å². The smallest absolute Gasteiger partial charge is 0.399 e. The Bertz CT molecular complexity index is 2050. The van der Waals surface area contributed by atoms with Crippen LogP contribution in [0.4, 0.5) is 11.6 Å². The molecule has 0 radical (unpaired) electrons. The summed E-state index contributed by atoms with van der Waals surface area (Å²) in [5.41, 5.74) is 19.1. The molecule has 0 aliphatic carbocycles. The first kappa shape index (κ1) is 40.8. The molecule has 1 aliphatic heterocycles. The van der Waals surface area contributed by atoms with E-state index in [4.69, 9.17) is 20.8 Å². The Kier molecular flexibility index (Phi) is 14.2. The fraction of sp³-hybridized carbons (Fsp3) is 0.318. The third kappa shape index (κ3) is 10.6. The molecule has 0 spiro atoms. The molecule has 54 heavy (non-hydrogen) atoms. The number of halogens is 1. The van der Waals surface area contributed by atoms with Crippen molar-refractivity contribution in [3.8, 4) is 22.6 Å². The van der Waals surface area contributed by atoms with E-state index in [2.05, 4.69) is 123 Å². The highest BCUT2D eigenvalue weighted by atomic mass is 127. The molecule has 0 atom stereocenters. The molecule has 7 rings (SSSR count). The first-order valence-electron chi connectivity index (χ1n) is 18.9. The lowest BCUT2D eigenvalue weighted by atomic mass is 9.78. The zero-order valence-electron chi connectivity index (χ0n) is 32.5. The van der Waals surface area contributed by atoms with Gasteiger partial charge in [0.25, 0.3) is 0 Å². The lowest BCUT2D eigenvalue weighted by Gasteiger charge is -2.32. The van der Waals surface area contributed by atoms with Crippen LogP contribution in [0.3, 0.4) is 0 Å². The van der Waals surface area contributed by atoms with Crippen LogP contribution in [0.25, 0.3) is 22.6 Å². The maximum absolute atomic E-state index is 6.09. The van der Waals surface area contributed by atoms with Gasteiger partial charge in [0.1, 0.15) is 15.3 Å². The van der Waals surface area contributed by atoms with E-state index in [1.165, 1.54) is 36.8 Å². The molecule has 8 nitrogen and oxygen atoms in total. The van der Waals surface area contributed by atoms with Crippen LogP contribution in [-0.4, -0.2) is 37.9 Å². The van der Waals surface area contributed by atoms with Crippen molar-refractivity contribution < 1.29 is 9.31 Å². The number of aryl methyl sites for hydroxylation is 2. The molecular formula is C44H54BIN6O2.